The van der Waals surface area contributed by atoms with Crippen LogP contribution in [-0.2, 0) is 25.0 Å². The van der Waals surface area contributed by atoms with Crippen molar-refractivity contribution < 1.29 is 22.7 Å². The molecule has 0 bridgehead atoms. The number of nitrogens with zero attached hydrogens (tertiary/aromatic N) is 1. The number of carbonyl (C=O) groups is 2. The molecule has 134 valence electrons. The van der Waals surface area contributed by atoms with Gasteiger partial charge in [0.1, 0.15) is 11.5 Å². The summed E-state index contributed by atoms with van der Waals surface area (Å²) in [5, 5.41) is 0. The second-order valence-electron chi connectivity index (χ2n) is 6.46. The molecule has 2 aromatic carbocycles. The number of hydrogen-bond acceptors (Lipinski definition) is 5. The van der Waals surface area contributed by atoms with Crippen LogP contribution in [0.3, 0.4) is 0 Å². The molecule has 1 fully saturated rings. The molecule has 7 heteroatoms. The first-order valence-electron chi connectivity index (χ1n) is 8.36. The lowest BCUT2D eigenvalue weighted by Crippen LogP contribution is -2.34. The molecule has 1 amide bonds. The first-order valence-corrected chi connectivity index (χ1v) is 9.80. The average Bonchev–Trinajstić information content (AvgIpc) is 3.44. The zero-order valence-corrected chi connectivity index (χ0v) is 14.7. The molecule has 0 atom stereocenters. The summed E-state index contributed by atoms with van der Waals surface area (Å²) in [4.78, 5) is 24.8. The molecule has 2 aliphatic rings. The smallest absolute Gasteiger partial charge is 0.316 e. The van der Waals surface area contributed by atoms with E-state index in [1.165, 1.54) is 12.1 Å². The Morgan fingerprint density at radius 1 is 1.04 bits per heavy atom. The minimum absolute atomic E-state index is 0.000671. The Hall–Kier alpha value is -2.67. The highest BCUT2D eigenvalue weighted by Gasteiger charge is 2.52. The number of sulfonamides is 1. The number of hydrogen-bond donors (Lipinski definition) is 0. The standard InChI is InChI=1S/C19H17NO5S/c21-17-15-8-4-5-9-16(15)26(23,24)20(17)12-13-25-18(22)19(10-11-19)14-6-2-1-3-7-14/h1-9H,10-13H2. The van der Waals surface area contributed by atoms with Crippen molar-refractivity contribution in [2.75, 3.05) is 13.2 Å². The molecule has 1 aliphatic heterocycles. The SMILES string of the molecule is O=C1c2ccccc2S(=O)(=O)N1CCOC(=O)C1(c2ccccc2)CC1. The molecule has 0 unspecified atom stereocenters. The molecule has 0 aromatic heterocycles. The summed E-state index contributed by atoms with van der Waals surface area (Å²) in [6.07, 6.45) is 1.42. The van der Waals surface area contributed by atoms with E-state index in [2.05, 4.69) is 0 Å². The predicted octanol–water partition coefficient (Wildman–Crippen LogP) is 2.11. The van der Waals surface area contributed by atoms with Crippen LogP contribution in [-0.4, -0.2) is 37.8 Å². The summed E-state index contributed by atoms with van der Waals surface area (Å²) in [6.45, 7) is -0.348. The Balaban J connectivity index is 1.43. The molecule has 4 rings (SSSR count). The van der Waals surface area contributed by atoms with Crippen molar-refractivity contribution in [3.05, 3.63) is 65.7 Å². The van der Waals surface area contributed by atoms with E-state index >= 15 is 0 Å². The van der Waals surface area contributed by atoms with E-state index in [0.717, 1.165) is 9.87 Å². The second kappa shape index (κ2) is 5.95. The normalized spacial score (nSPS) is 19.1. The molecule has 2 aromatic rings. The van der Waals surface area contributed by atoms with Gasteiger partial charge in [0.05, 0.1) is 17.5 Å². The minimum Gasteiger partial charge on any atom is -0.463 e. The molecule has 0 N–H and O–H groups in total. The van der Waals surface area contributed by atoms with Gasteiger partial charge in [0, 0.05) is 0 Å². The maximum absolute atomic E-state index is 12.5. The maximum Gasteiger partial charge on any atom is 0.316 e. The summed E-state index contributed by atoms with van der Waals surface area (Å²) in [5.74, 6) is -0.953. The fourth-order valence-electron chi connectivity index (χ4n) is 3.30. The molecular formula is C19H17NO5S. The summed E-state index contributed by atoms with van der Waals surface area (Å²) in [7, 11) is -3.87. The molecule has 1 saturated carbocycles. The Kier molecular flexibility index (Phi) is 3.84. The lowest BCUT2D eigenvalue weighted by atomic mass is 9.96. The van der Waals surface area contributed by atoms with Crippen LogP contribution in [0.2, 0.25) is 0 Å². The molecule has 0 radical (unpaired) electrons. The fraction of sp³-hybridized carbons (Fsp3) is 0.263. The molecule has 6 nitrogen and oxygen atoms in total. The van der Waals surface area contributed by atoms with E-state index in [1.54, 1.807) is 12.1 Å². The zero-order valence-electron chi connectivity index (χ0n) is 13.9. The van der Waals surface area contributed by atoms with Gasteiger partial charge in [-0.05, 0) is 30.5 Å². The topological polar surface area (TPSA) is 80.8 Å². The van der Waals surface area contributed by atoms with Gasteiger partial charge in [0.2, 0.25) is 0 Å². The summed E-state index contributed by atoms with van der Waals surface area (Å²) in [5.41, 5.74) is 0.432. The number of amides is 1. The lowest BCUT2D eigenvalue weighted by molar-refractivity contribution is -0.146. The summed E-state index contributed by atoms with van der Waals surface area (Å²) in [6, 6.07) is 15.5. The van der Waals surface area contributed by atoms with Crippen molar-refractivity contribution in [1.29, 1.82) is 0 Å². The largest absolute Gasteiger partial charge is 0.463 e. The van der Waals surface area contributed by atoms with E-state index in [-0.39, 0.29) is 29.6 Å². The van der Waals surface area contributed by atoms with Gasteiger partial charge in [-0.3, -0.25) is 9.59 Å². The van der Waals surface area contributed by atoms with Gasteiger partial charge in [-0.2, -0.15) is 0 Å². The first kappa shape index (κ1) is 16.8. The number of rotatable bonds is 5. The number of fused-ring (bicyclic) bond motifs is 1. The van der Waals surface area contributed by atoms with Crippen LogP contribution in [0.15, 0.2) is 59.5 Å². The quantitative estimate of drug-likeness (QED) is 0.752. The van der Waals surface area contributed by atoms with Crippen molar-refractivity contribution >= 4 is 21.9 Å². The van der Waals surface area contributed by atoms with Crippen LogP contribution in [0, 0.1) is 0 Å². The second-order valence-corrected chi connectivity index (χ2v) is 8.29. The van der Waals surface area contributed by atoms with Gasteiger partial charge in [0.25, 0.3) is 15.9 Å². The van der Waals surface area contributed by atoms with Crippen LogP contribution in [0.1, 0.15) is 28.8 Å². The number of benzene rings is 2. The molecule has 0 spiro atoms. The third kappa shape index (κ3) is 2.50. The van der Waals surface area contributed by atoms with E-state index in [9.17, 15) is 18.0 Å². The fourth-order valence-corrected chi connectivity index (χ4v) is 4.86. The highest BCUT2D eigenvalue weighted by molar-refractivity contribution is 7.90. The van der Waals surface area contributed by atoms with Crippen molar-refractivity contribution in [2.45, 2.75) is 23.2 Å². The van der Waals surface area contributed by atoms with E-state index in [1.807, 2.05) is 30.3 Å². The third-order valence-electron chi connectivity index (χ3n) is 4.91. The third-order valence-corrected chi connectivity index (χ3v) is 6.75. The Morgan fingerprint density at radius 2 is 1.69 bits per heavy atom. The first-order chi connectivity index (χ1) is 12.5. The maximum atomic E-state index is 12.5. The van der Waals surface area contributed by atoms with Crippen LogP contribution in [0.4, 0.5) is 0 Å². The highest BCUT2D eigenvalue weighted by atomic mass is 32.2. The Morgan fingerprint density at radius 3 is 2.35 bits per heavy atom. The lowest BCUT2D eigenvalue weighted by Gasteiger charge is -2.18. The van der Waals surface area contributed by atoms with Crippen molar-refractivity contribution in [1.82, 2.24) is 4.31 Å². The highest BCUT2D eigenvalue weighted by Crippen LogP contribution is 2.49. The average molecular weight is 371 g/mol. The van der Waals surface area contributed by atoms with Crippen molar-refractivity contribution in [3.63, 3.8) is 0 Å². The Bertz CT molecular complexity index is 980. The minimum atomic E-state index is -3.87. The van der Waals surface area contributed by atoms with Gasteiger partial charge in [0.15, 0.2) is 0 Å². The van der Waals surface area contributed by atoms with Crippen molar-refractivity contribution in [2.24, 2.45) is 0 Å². The van der Waals surface area contributed by atoms with Crippen molar-refractivity contribution in [3.8, 4) is 0 Å². The molecular weight excluding hydrogens is 354 g/mol. The zero-order chi connectivity index (χ0) is 18.4. The molecule has 0 saturated heterocycles. The van der Waals surface area contributed by atoms with Gasteiger partial charge in [-0.1, -0.05) is 42.5 Å². The van der Waals surface area contributed by atoms with Crippen LogP contribution in [0.5, 0.6) is 0 Å². The van der Waals surface area contributed by atoms with E-state index in [0.29, 0.717) is 12.8 Å². The van der Waals surface area contributed by atoms with Gasteiger partial charge in [-0.15, -0.1) is 0 Å². The molecule has 1 heterocycles. The molecule has 1 aliphatic carbocycles. The Labute approximate surface area is 151 Å². The van der Waals surface area contributed by atoms with Gasteiger partial charge < -0.3 is 4.74 Å². The molecule has 26 heavy (non-hydrogen) atoms. The number of carbonyl (C=O) groups excluding carboxylic acids is 2. The summed E-state index contributed by atoms with van der Waals surface area (Å²) < 4.78 is 31.0. The van der Waals surface area contributed by atoms with Crippen LogP contribution < -0.4 is 0 Å². The summed E-state index contributed by atoms with van der Waals surface area (Å²) >= 11 is 0. The number of ether oxygens (including phenoxy) is 1. The van der Waals surface area contributed by atoms with Crippen LogP contribution >= 0.6 is 0 Å². The van der Waals surface area contributed by atoms with Gasteiger partial charge in [-0.25, -0.2) is 12.7 Å². The van der Waals surface area contributed by atoms with E-state index in [4.69, 9.17) is 4.74 Å². The number of esters is 1. The van der Waals surface area contributed by atoms with Crippen LogP contribution in [0.25, 0.3) is 0 Å². The predicted molar refractivity (Wildman–Crippen MR) is 93.0 cm³/mol. The van der Waals surface area contributed by atoms with E-state index < -0.39 is 21.3 Å². The van der Waals surface area contributed by atoms with Gasteiger partial charge >= 0.3 is 5.97 Å². The monoisotopic (exact) mass is 371 g/mol.